The van der Waals surface area contributed by atoms with Crippen molar-refractivity contribution in [3.05, 3.63) is 0 Å². The zero-order chi connectivity index (χ0) is 6.24. The predicted molar refractivity (Wildman–Crippen MR) is 33.3 cm³/mol. The Kier molecular flexibility index (Phi) is 8.09. The van der Waals surface area contributed by atoms with E-state index in [0.29, 0.717) is 0 Å². The van der Waals surface area contributed by atoms with Crippen LogP contribution in [0.1, 0.15) is 26.2 Å². The van der Waals surface area contributed by atoms with Crippen molar-refractivity contribution >= 4 is 21.5 Å². The van der Waals surface area contributed by atoms with Gasteiger partial charge in [0.1, 0.15) is 0 Å². The minimum absolute atomic E-state index is 0.721. The molecule has 0 aromatic heterocycles. The van der Waals surface area contributed by atoms with Gasteiger partial charge >= 0.3 is 60.5 Å². The van der Waals surface area contributed by atoms with Crippen LogP contribution in [0, 0.1) is 0 Å². The van der Waals surface area contributed by atoms with Gasteiger partial charge in [0, 0.05) is 0 Å². The number of hydrogen-bond acceptors (Lipinski definition) is 2. The van der Waals surface area contributed by atoms with E-state index in [1.165, 1.54) is 12.8 Å². The van der Waals surface area contributed by atoms with Gasteiger partial charge in [0.15, 0.2) is 0 Å². The number of hydrogen-bond donors (Lipinski definition) is 0. The molecule has 2 nitrogen and oxygen atoms in total. The van der Waals surface area contributed by atoms with Crippen LogP contribution in [0.3, 0.4) is 0 Å². The third-order valence-electron chi connectivity index (χ3n) is 0.934. The molecule has 0 saturated carbocycles. The zero-order valence-electron chi connectivity index (χ0n) is 5.22. The summed E-state index contributed by atoms with van der Waals surface area (Å²) in [5.41, 5.74) is 0. The van der Waals surface area contributed by atoms with E-state index in [1.54, 1.807) is 0 Å². The molecule has 3 heteroatoms. The summed E-state index contributed by atoms with van der Waals surface area (Å²) in [4.78, 5) is 0. The third-order valence-corrected chi connectivity index (χ3v) is 1.99. The molecule has 0 rings (SSSR count). The van der Waals surface area contributed by atoms with Crippen LogP contribution >= 0.6 is 0 Å². The summed E-state index contributed by atoms with van der Waals surface area (Å²) in [5, 5.41) is 0. The van der Waals surface area contributed by atoms with Gasteiger partial charge < -0.3 is 0 Å². The van der Waals surface area contributed by atoms with E-state index >= 15 is 0 Å². The van der Waals surface area contributed by atoms with Gasteiger partial charge in [-0.15, -0.1) is 0 Å². The molecule has 0 saturated heterocycles. The molecule has 0 aliphatic carbocycles. The van der Waals surface area contributed by atoms with Crippen LogP contribution in [0.15, 0.2) is 0 Å². The van der Waals surface area contributed by atoms with Gasteiger partial charge in [-0.05, 0) is 0 Å². The van der Waals surface area contributed by atoms with E-state index in [1.807, 2.05) is 0 Å². The summed E-state index contributed by atoms with van der Waals surface area (Å²) >= 11 is -1.72. The first kappa shape index (κ1) is 8.56. The van der Waals surface area contributed by atoms with E-state index in [-0.39, 0.29) is 0 Å². The average molecular weight is 223 g/mol. The molecule has 0 fully saturated rings. The van der Waals surface area contributed by atoms with Gasteiger partial charge in [0.05, 0.1) is 0 Å². The first-order valence-corrected chi connectivity index (χ1v) is 5.66. The van der Waals surface area contributed by atoms with E-state index in [0.717, 1.165) is 13.0 Å². The second-order valence-electron chi connectivity index (χ2n) is 1.67. The van der Waals surface area contributed by atoms with Crippen LogP contribution in [0.5, 0.6) is 0 Å². The van der Waals surface area contributed by atoms with Gasteiger partial charge in [-0.1, -0.05) is 0 Å². The number of rotatable bonds is 5. The molecule has 0 amide bonds. The molecule has 0 aliphatic rings. The van der Waals surface area contributed by atoms with Crippen molar-refractivity contribution < 1.29 is 6.15 Å². The minimum atomic E-state index is -1.72. The molecule has 0 bridgehead atoms. The molecule has 0 spiro atoms. The van der Waals surface area contributed by atoms with Crippen molar-refractivity contribution in [2.75, 3.05) is 6.61 Å². The fraction of sp³-hybridized carbons (Fsp3) is 1.00. The molecule has 8 heavy (non-hydrogen) atoms. The summed E-state index contributed by atoms with van der Waals surface area (Å²) in [6, 6.07) is 0. The Morgan fingerprint density at radius 3 is 2.75 bits per heavy atom. The fourth-order valence-electron chi connectivity index (χ4n) is 0.484. The molecule has 0 aromatic rings. The van der Waals surface area contributed by atoms with Gasteiger partial charge in [0.2, 0.25) is 0 Å². The molecule has 0 aromatic carbocycles. The number of unbranched alkanes of at least 4 members (excludes halogenated alkanes) is 2. The van der Waals surface area contributed by atoms with E-state index in [4.69, 9.17) is 3.07 Å². The Balaban J connectivity index is 2.62. The second-order valence-corrected chi connectivity index (χ2v) is 3.17. The average Bonchev–Trinajstić information content (AvgIpc) is 1.81. The monoisotopic (exact) mass is 224 g/mol. The van der Waals surface area contributed by atoms with Crippen LogP contribution in [0.4, 0.5) is 0 Å². The molecule has 0 N–H and O–H groups in total. The molecule has 0 aliphatic heterocycles. The molecule has 0 heterocycles. The van der Waals surface area contributed by atoms with E-state index in [2.05, 4.69) is 6.92 Å². The van der Waals surface area contributed by atoms with Crippen molar-refractivity contribution in [1.29, 1.82) is 0 Å². The van der Waals surface area contributed by atoms with E-state index in [9.17, 15) is 3.08 Å². The van der Waals surface area contributed by atoms with Crippen LogP contribution in [-0.2, 0) is 6.15 Å². The van der Waals surface area contributed by atoms with Crippen LogP contribution in [-0.4, -0.2) is 28.1 Å². The first-order chi connectivity index (χ1) is 3.91. The van der Waals surface area contributed by atoms with Crippen molar-refractivity contribution in [3.8, 4) is 0 Å². The van der Waals surface area contributed by atoms with Gasteiger partial charge in [-0.3, -0.25) is 0 Å². The second kappa shape index (κ2) is 7.56. The maximum absolute atomic E-state index is 9.86. The molecule has 0 unspecified atom stereocenters. The molecular formula is C5H12O2Sn. The summed E-state index contributed by atoms with van der Waals surface area (Å²) in [6.45, 7) is 2.86. The van der Waals surface area contributed by atoms with Crippen molar-refractivity contribution in [1.82, 2.24) is 0 Å². The van der Waals surface area contributed by atoms with Crippen LogP contribution < -0.4 is 0 Å². The summed E-state index contributed by atoms with van der Waals surface area (Å²) < 4.78 is 14.6. The summed E-state index contributed by atoms with van der Waals surface area (Å²) in [6.07, 6.45) is 3.47. The molecular weight excluding hydrogens is 211 g/mol. The molecule has 0 atom stereocenters. The normalized spacial score (nSPS) is 9.12. The Hall–Kier alpha value is 0.559. The maximum atomic E-state index is 9.86. The Labute approximate surface area is 60.8 Å². The Morgan fingerprint density at radius 2 is 2.25 bits per heavy atom. The molecule has 48 valence electrons. The quantitative estimate of drug-likeness (QED) is 0.510. The predicted octanol–water partition coefficient (Wildman–Crippen LogP) is 0.890. The van der Waals surface area contributed by atoms with Crippen molar-refractivity contribution in [2.45, 2.75) is 26.2 Å². The topological polar surface area (TPSA) is 26.3 Å². The zero-order valence-corrected chi connectivity index (χ0v) is 8.52. The first-order valence-electron chi connectivity index (χ1n) is 2.97. The third kappa shape index (κ3) is 6.56. The Morgan fingerprint density at radius 1 is 1.50 bits per heavy atom. The Bertz CT molecular complexity index is 56.4. The van der Waals surface area contributed by atoms with Gasteiger partial charge in [-0.2, -0.15) is 0 Å². The van der Waals surface area contributed by atoms with Crippen LogP contribution in [0.25, 0.3) is 0 Å². The van der Waals surface area contributed by atoms with Gasteiger partial charge in [0.25, 0.3) is 0 Å². The van der Waals surface area contributed by atoms with E-state index < -0.39 is 21.5 Å². The summed E-state index contributed by atoms with van der Waals surface area (Å²) in [5.74, 6) is 0. The van der Waals surface area contributed by atoms with Crippen LogP contribution in [0.2, 0.25) is 0 Å². The SMILES string of the molecule is CCCCC[O][SnH]=[O]. The standard InChI is InChI=1S/C5H11O.O.Sn.H/c1-2-3-4-5-6;;;/h2-5H2,1H3;;;/q-1;;+1;. The van der Waals surface area contributed by atoms with Crippen molar-refractivity contribution in [3.63, 3.8) is 0 Å². The molecule has 0 radical (unpaired) electrons. The van der Waals surface area contributed by atoms with Crippen molar-refractivity contribution in [2.24, 2.45) is 0 Å². The van der Waals surface area contributed by atoms with Gasteiger partial charge in [-0.25, -0.2) is 0 Å². The summed E-state index contributed by atoms with van der Waals surface area (Å²) in [7, 11) is 0. The fourth-order valence-corrected chi connectivity index (χ4v) is 1.23.